The predicted octanol–water partition coefficient (Wildman–Crippen LogP) is 0.845. The van der Waals surface area contributed by atoms with Gasteiger partial charge in [-0.05, 0) is 20.1 Å². The number of likely N-dealkylation sites (tertiary alicyclic amines) is 1. The summed E-state index contributed by atoms with van der Waals surface area (Å²) < 4.78 is 0. The van der Waals surface area contributed by atoms with Crippen LogP contribution >= 0.6 is 11.8 Å². The molecule has 1 aliphatic heterocycles. The highest BCUT2D eigenvalue weighted by Crippen LogP contribution is 2.25. The molecule has 0 N–H and O–H groups in total. The van der Waals surface area contributed by atoms with Gasteiger partial charge in [0, 0.05) is 18.9 Å². The second kappa shape index (κ2) is 4.79. The molecule has 1 fully saturated rings. The van der Waals surface area contributed by atoms with Crippen molar-refractivity contribution in [2.24, 2.45) is 0 Å². The first kappa shape index (κ1) is 12.2. The van der Waals surface area contributed by atoms with E-state index < -0.39 is 0 Å². The summed E-state index contributed by atoms with van der Waals surface area (Å²) in [4.78, 5) is 35.5. The van der Waals surface area contributed by atoms with Crippen molar-refractivity contribution in [1.82, 2.24) is 4.90 Å². The molecule has 2 unspecified atom stereocenters. The van der Waals surface area contributed by atoms with E-state index in [2.05, 4.69) is 0 Å². The van der Waals surface area contributed by atoms with Crippen molar-refractivity contribution in [1.29, 1.82) is 0 Å². The quantitative estimate of drug-likeness (QED) is 0.670. The summed E-state index contributed by atoms with van der Waals surface area (Å²) in [6.07, 6.45) is 2.33. The number of nitrogens with zero attached hydrogens (tertiary/aromatic N) is 1. The molecule has 1 rings (SSSR count). The van der Waals surface area contributed by atoms with E-state index >= 15 is 0 Å². The summed E-state index contributed by atoms with van der Waals surface area (Å²) in [7, 11) is 0. The highest BCUT2D eigenvalue weighted by atomic mass is 32.2. The predicted molar refractivity (Wildman–Crippen MR) is 58.5 cm³/mol. The molecular formula is C10H15NO3S. The van der Waals surface area contributed by atoms with E-state index in [-0.39, 0.29) is 41.7 Å². The first-order valence-electron chi connectivity index (χ1n) is 4.85. The molecule has 2 atom stereocenters. The van der Waals surface area contributed by atoms with Crippen molar-refractivity contribution < 1.29 is 14.4 Å². The zero-order valence-electron chi connectivity index (χ0n) is 9.15. The molecule has 1 saturated heterocycles. The van der Waals surface area contributed by atoms with Crippen molar-refractivity contribution in [2.75, 3.05) is 6.26 Å². The van der Waals surface area contributed by atoms with Crippen LogP contribution in [0.15, 0.2) is 0 Å². The number of imide groups is 1. The fraction of sp³-hybridized carbons (Fsp3) is 0.700. The smallest absolute Gasteiger partial charge is 0.243 e. The number of carbonyl (C=O) groups is 3. The average molecular weight is 229 g/mol. The Bertz CT molecular complexity index is 303. The van der Waals surface area contributed by atoms with Gasteiger partial charge in [-0.15, -0.1) is 0 Å². The van der Waals surface area contributed by atoms with Crippen LogP contribution in [0, 0.1) is 0 Å². The van der Waals surface area contributed by atoms with Gasteiger partial charge in [-0.2, -0.15) is 11.8 Å². The zero-order chi connectivity index (χ0) is 11.6. The van der Waals surface area contributed by atoms with E-state index in [1.807, 2.05) is 6.26 Å². The number of amides is 2. The van der Waals surface area contributed by atoms with Gasteiger partial charge in [-0.3, -0.25) is 19.3 Å². The SMILES string of the molecule is CSC1CC(=O)N(C(C)CC(C)=O)C1=O. The Morgan fingerprint density at radius 2 is 2.20 bits per heavy atom. The van der Waals surface area contributed by atoms with E-state index in [1.54, 1.807) is 6.92 Å². The van der Waals surface area contributed by atoms with Crippen LogP contribution in [0.25, 0.3) is 0 Å². The number of ketones is 1. The molecule has 0 aromatic rings. The van der Waals surface area contributed by atoms with Gasteiger partial charge in [0.25, 0.3) is 0 Å². The maximum atomic E-state index is 11.7. The van der Waals surface area contributed by atoms with Crippen molar-refractivity contribution >= 4 is 29.4 Å². The summed E-state index contributed by atoms with van der Waals surface area (Å²) in [5.74, 6) is -0.315. The van der Waals surface area contributed by atoms with Crippen LogP contribution in [0.1, 0.15) is 26.7 Å². The lowest BCUT2D eigenvalue weighted by Crippen LogP contribution is -2.39. The summed E-state index contributed by atoms with van der Waals surface area (Å²) in [5, 5.41) is -0.257. The molecule has 84 valence electrons. The topological polar surface area (TPSA) is 54.5 Å². The average Bonchev–Trinajstić information content (AvgIpc) is 2.40. The van der Waals surface area contributed by atoms with Crippen molar-refractivity contribution in [3.8, 4) is 0 Å². The Kier molecular flexibility index (Phi) is 3.90. The number of carbonyl (C=O) groups excluding carboxylic acids is 3. The molecule has 0 bridgehead atoms. The number of hydrogen-bond donors (Lipinski definition) is 0. The van der Waals surface area contributed by atoms with Crippen LogP contribution in [0.3, 0.4) is 0 Å². The fourth-order valence-corrected chi connectivity index (χ4v) is 2.40. The van der Waals surface area contributed by atoms with Crippen LogP contribution in [0.2, 0.25) is 0 Å². The molecule has 0 aromatic heterocycles. The van der Waals surface area contributed by atoms with Gasteiger partial charge in [-0.25, -0.2) is 0 Å². The second-order valence-corrected chi connectivity index (χ2v) is 4.83. The summed E-state index contributed by atoms with van der Waals surface area (Å²) >= 11 is 1.39. The van der Waals surface area contributed by atoms with Crippen LogP contribution in [-0.4, -0.2) is 40.0 Å². The molecule has 1 aliphatic rings. The van der Waals surface area contributed by atoms with E-state index in [4.69, 9.17) is 0 Å². The Hall–Kier alpha value is -0.840. The van der Waals surface area contributed by atoms with E-state index in [1.165, 1.54) is 23.6 Å². The Balaban J connectivity index is 2.73. The number of rotatable bonds is 4. The van der Waals surface area contributed by atoms with Crippen molar-refractivity contribution in [2.45, 2.75) is 38.0 Å². The minimum atomic E-state index is -0.306. The zero-order valence-corrected chi connectivity index (χ0v) is 9.97. The third-order valence-electron chi connectivity index (χ3n) is 2.45. The van der Waals surface area contributed by atoms with Gasteiger partial charge in [0.1, 0.15) is 5.78 Å². The maximum absolute atomic E-state index is 11.7. The second-order valence-electron chi connectivity index (χ2n) is 3.79. The van der Waals surface area contributed by atoms with Gasteiger partial charge in [0.15, 0.2) is 0 Å². The summed E-state index contributed by atoms with van der Waals surface area (Å²) in [6.45, 7) is 3.20. The molecule has 0 spiro atoms. The molecule has 4 nitrogen and oxygen atoms in total. The number of Topliss-reactive ketones (excluding diaryl/α,β-unsaturated/α-hetero) is 1. The van der Waals surface area contributed by atoms with Crippen LogP contribution in [0.4, 0.5) is 0 Å². The number of thioether (sulfide) groups is 1. The van der Waals surface area contributed by atoms with Crippen molar-refractivity contribution in [3.05, 3.63) is 0 Å². The van der Waals surface area contributed by atoms with E-state index in [0.29, 0.717) is 0 Å². The van der Waals surface area contributed by atoms with Gasteiger partial charge in [0.05, 0.1) is 5.25 Å². The molecular weight excluding hydrogens is 214 g/mol. The first-order chi connectivity index (χ1) is 6.97. The number of hydrogen-bond acceptors (Lipinski definition) is 4. The molecule has 0 aliphatic carbocycles. The largest absolute Gasteiger partial charge is 0.300 e. The lowest BCUT2D eigenvalue weighted by molar-refractivity contribution is -0.141. The molecule has 15 heavy (non-hydrogen) atoms. The Labute approximate surface area is 93.4 Å². The third kappa shape index (κ3) is 2.59. The lowest BCUT2D eigenvalue weighted by Gasteiger charge is -2.21. The highest BCUT2D eigenvalue weighted by molar-refractivity contribution is 8.00. The monoisotopic (exact) mass is 229 g/mol. The van der Waals surface area contributed by atoms with Crippen LogP contribution < -0.4 is 0 Å². The molecule has 1 heterocycles. The molecule has 5 heteroatoms. The molecule has 2 amide bonds. The van der Waals surface area contributed by atoms with Crippen LogP contribution in [0.5, 0.6) is 0 Å². The minimum Gasteiger partial charge on any atom is -0.300 e. The highest BCUT2D eigenvalue weighted by Gasteiger charge is 2.40. The van der Waals surface area contributed by atoms with E-state index in [9.17, 15) is 14.4 Å². The first-order valence-corrected chi connectivity index (χ1v) is 6.14. The van der Waals surface area contributed by atoms with Gasteiger partial charge in [0.2, 0.25) is 11.8 Å². The van der Waals surface area contributed by atoms with E-state index in [0.717, 1.165) is 0 Å². The molecule has 0 aromatic carbocycles. The van der Waals surface area contributed by atoms with Gasteiger partial charge < -0.3 is 0 Å². The standard InChI is InChI=1S/C10H15NO3S/c1-6(4-7(2)12)11-9(13)5-8(15-3)10(11)14/h6,8H,4-5H2,1-3H3. The summed E-state index contributed by atoms with van der Waals surface area (Å²) in [6, 6.07) is -0.306. The third-order valence-corrected chi connectivity index (χ3v) is 3.39. The summed E-state index contributed by atoms with van der Waals surface area (Å²) in [5.41, 5.74) is 0. The van der Waals surface area contributed by atoms with Gasteiger partial charge >= 0.3 is 0 Å². The maximum Gasteiger partial charge on any atom is 0.243 e. The normalized spacial score (nSPS) is 23.4. The van der Waals surface area contributed by atoms with Crippen molar-refractivity contribution in [3.63, 3.8) is 0 Å². The minimum absolute atomic E-state index is 0.00398. The molecule has 0 radical (unpaired) electrons. The Morgan fingerprint density at radius 1 is 1.60 bits per heavy atom. The Morgan fingerprint density at radius 3 is 2.60 bits per heavy atom. The fourth-order valence-electron chi connectivity index (χ4n) is 1.78. The van der Waals surface area contributed by atoms with Gasteiger partial charge in [-0.1, -0.05) is 0 Å². The lowest BCUT2D eigenvalue weighted by atomic mass is 10.1. The molecule has 0 saturated carbocycles. The van der Waals surface area contributed by atoms with Crippen LogP contribution in [-0.2, 0) is 14.4 Å².